The lowest BCUT2D eigenvalue weighted by molar-refractivity contribution is 0.0823. The smallest absolute Gasteiger partial charge is 0.354 e. The highest BCUT2D eigenvalue weighted by Gasteiger charge is 2.39. The van der Waals surface area contributed by atoms with Crippen molar-refractivity contribution < 1.29 is 18.5 Å². The molecule has 2 amide bonds. The molecular weight excluding hydrogens is 425 g/mol. The number of amides is 2. The Hall–Kier alpha value is -1.55. The molecule has 4 N–H and O–H groups in total. The highest BCUT2D eigenvalue weighted by Crippen LogP contribution is 2.51. The Labute approximate surface area is 180 Å². The van der Waals surface area contributed by atoms with Gasteiger partial charge in [-0.1, -0.05) is 12.5 Å². The van der Waals surface area contributed by atoms with Gasteiger partial charge in [0, 0.05) is 10.6 Å². The molecule has 0 aromatic carbocycles. The van der Waals surface area contributed by atoms with E-state index in [4.69, 9.17) is 5.14 Å². The zero-order chi connectivity index (χ0) is 21.8. The van der Waals surface area contributed by atoms with E-state index in [0.29, 0.717) is 11.8 Å². The van der Waals surface area contributed by atoms with Gasteiger partial charge in [-0.2, -0.15) is 0 Å². The molecule has 0 aliphatic heterocycles. The second-order valence-corrected chi connectivity index (χ2v) is 12.0. The Bertz CT molecular complexity index is 1090. The second kappa shape index (κ2) is 7.55. The third kappa shape index (κ3) is 3.77. The van der Waals surface area contributed by atoms with E-state index in [1.165, 1.54) is 30.6 Å². The number of nitrogens with two attached hydrogens (primary N) is 1. The van der Waals surface area contributed by atoms with Crippen LogP contribution in [0.1, 0.15) is 64.2 Å². The van der Waals surface area contributed by atoms with Gasteiger partial charge in [0.25, 0.3) is 0 Å². The minimum absolute atomic E-state index is 0.268. The largest absolute Gasteiger partial charge is 0.385 e. The van der Waals surface area contributed by atoms with Gasteiger partial charge in [0.05, 0.1) is 5.60 Å². The lowest BCUT2D eigenvalue weighted by Crippen LogP contribution is -2.29. The van der Waals surface area contributed by atoms with Crippen LogP contribution >= 0.6 is 11.3 Å². The summed E-state index contributed by atoms with van der Waals surface area (Å²) in [5, 5.41) is 18.7. The van der Waals surface area contributed by atoms with Crippen molar-refractivity contribution in [2.24, 2.45) is 21.3 Å². The highest BCUT2D eigenvalue weighted by atomic mass is 32.2. The molecule has 3 aliphatic carbocycles. The van der Waals surface area contributed by atoms with E-state index in [2.05, 4.69) is 16.6 Å². The summed E-state index contributed by atoms with van der Waals surface area (Å²) >= 11 is 0.772. The molecule has 164 valence electrons. The van der Waals surface area contributed by atoms with Crippen molar-refractivity contribution in [1.29, 1.82) is 0 Å². The van der Waals surface area contributed by atoms with Crippen molar-refractivity contribution >= 4 is 27.3 Å². The average Bonchev–Trinajstić information content (AvgIpc) is 3.36. The van der Waals surface area contributed by atoms with Crippen molar-refractivity contribution in [3.8, 4) is 0 Å². The molecule has 1 aromatic rings. The number of fused-ring (bicyclic) bond motifs is 1. The number of hydrogen-bond acceptors (Lipinski definition) is 4. The SMILES string of the molecule is CC1C2=C(CCC2)C(NC(=O)N=S(N)(=O)c2sc(C(C)(C)O)cc2F)=C2CCCC21. The van der Waals surface area contributed by atoms with Gasteiger partial charge < -0.3 is 10.4 Å². The summed E-state index contributed by atoms with van der Waals surface area (Å²) in [5.74, 6) is 0.103. The van der Waals surface area contributed by atoms with Gasteiger partial charge in [-0.25, -0.2) is 18.5 Å². The first-order valence-corrected chi connectivity index (χ1v) is 12.7. The molecule has 1 fully saturated rings. The van der Waals surface area contributed by atoms with Gasteiger partial charge in [0.2, 0.25) is 0 Å². The Balaban J connectivity index is 1.66. The zero-order valence-corrected chi connectivity index (χ0v) is 19.1. The number of thiophene rings is 1. The molecule has 30 heavy (non-hydrogen) atoms. The number of nitrogens with one attached hydrogen (secondary N) is 1. The van der Waals surface area contributed by atoms with Crippen LogP contribution in [-0.2, 0) is 15.5 Å². The maximum absolute atomic E-state index is 14.4. The highest BCUT2D eigenvalue weighted by molar-refractivity contribution is 7.93. The fraction of sp³-hybridized carbons (Fsp3) is 0.571. The van der Waals surface area contributed by atoms with E-state index in [-0.39, 0.29) is 9.09 Å². The molecule has 0 bridgehead atoms. The summed E-state index contributed by atoms with van der Waals surface area (Å²) in [6.45, 7) is 5.26. The van der Waals surface area contributed by atoms with Crippen LogP contribution in [0.3, 0.4) is 0 Å². The summed E-state index contributed by atoms with van der Waals surface area (Å²) < 4.78 is 30.6. The Morgan fingerprint density at radius 1 is 1.33 bits per heavy atom. The quantitative estimate of drug-likeness (QED) is 0.617. The van der Waals surface area contributed by atoms with Crippen LogP contribution in [0.25, 0.3) is 0 Å². The van der Waals surface area contributed by atoms with Crippen LogP contribution in [0.4, 0.5) is 9.18 Å². The number of rotatable bonds is 3. The first-order valence-electron chi connectivity index (χ1n) is 10.3. The molecule has 3 atom stereocenters. The third-order valence-electron chi connectivity index (χ3n) is 6.42. The molecule has 0 radical (unpaired) electrons. The molecule has 9 heteroatoms. The van der Waals surface area contributed by atoms with E-state index < -0.39 is 27.4 Å². The predicted molar refractivity (Wildman–Crippen MR) is 115 cm³/mol. The molecule has 4 rings (SSSR count). The number of halogens is 1. The molecule has 3 unspecified atom stereocenters. The number of carbonyl (C=O) groups is 1. The topological polar surface area (TPSA) is 105 Å². The van der Waals surface area contributed by atoms with E-state index in [1.807, 2.05) is 0 Å². The van der Waals surface area contributed by atoms with Crippen molar-refractivity contribution in [2.75, 3.05) is 0 Å². The van der Waals surface area contributed by atoms with E-state index in [9.17, 15) is 18.5 Å². The van der Waals surface area contributed by atoms with Gasteiger partial charge in [-0.3, -0.25) is 0 Å². The van der Waals surface area contributed by atoms with Crippen LogP contribution < -0.4 is 10.5 Å². The maximum Gasteiger partial charge on any atom is 0.354 e. The Morgan fingerprint density at radius 2 is 2.03 bits per heavy atom. The molecule has 1 aromatic heterocycles. The fourth-order valence-electron chi connectivity index (χ4n) is 5.03. The molecule has 0 saturated heterocycles. The Kier molecular flexibility index (Phi) is 5.45. The number of urea groups is 1. The summed E-state index contributed by atoms with van der Waals surface area (Å²) in [4.78, 5) is 13.0. The van der Waals surface area contributed by atoms with Gasteiger partial charge in [-0.15, -0.1) is 15.7 Å². The first kappa shape index (κ1) is 21.7. The first-order chi connectivity index (χ1) is 14.0. The van der Waals surface area contributed by atoms with Crippen LogP contribution in [0, 0.1) is 17.7 Å². The van der Waals surface area contributed by atoms with Gasteiger partial charge in [0.15, 0.2) is 19.9 Å². The molecular formula is C21H28FN3O3S2. The number of hydrogen-bond donors (Lipinski definition) is 3. The van der Waals surface area contributed by atoms with Crippen molar-refractivity contribution in [1.82, 2.24) is 5.32 Å². The molecule has 6 nitrogen and oxygen atoms in total. The van der Waals surface area contributed by atoms with Crippen molar-refractivity contribution in [2.45, 2.75) is 69.1 Å². The lowest BCUT2D eigenvalue weighted by atomic mass is 9.76. The summed E-state index contributed by atoms with van der Waals surface area (Å²) in [5.41, 5.74) is 3.37. The molecule has 0 spiro atoms. The van der Waals surface area contributed by atoms with E-state index in [1.54, 1.807) is 0 Å². The number of allylic oxidation sites excluding steroid dienone is 3. The van der Waals surface area contributed by atoms with Gasteiger partial charge >= 0.3 is 6.03 Å². The van der Waals surface area contributed by atoms with Crippen LogP contribution in [0.5, 0.6) is 0 Å². The van der Waals surface area contributed by atoms with E-state index in [0.717, 1.165) is 61.6 Å². The van der Waals surface area contributed by atoms with E-state index >= 15 is 0 Å². The lowest BCUT2D eigenvalue weighted by Gasteiger charge is -2.31. The number of aliphatic hydroxyl groups is 1. The van der Waals surface area contributed by atoms with Crippen molar-refractivity contribution in [3.05, 3.63) is 39.2 Å². The maximum atomic E-state index is 14.4. The Morgan fingerprint density at radius 3 is 2.70 bits per heavy atom. The monoisotopic (exact) mass is 453 g/mol. The average molecular weight is 454 g/mol. The molecule has 3 aliphatic rings. The predicted octanol–water partition coefficient (Wildman–Crippen LogP) is 4.71. The van der Waals surface area contributed by atoms with Crippen LogP contribution in [0.15, 0.2) is 37.1 Å². The minimum Gasteiger partial charge on any atom is -0.385 e. The zero-order valence-electron chi connectivity index (χ0n) is 17.5. The normalized spacial score (nSPS) is 25.8. The summed E-state index contributed by atoms with van der Waals surface area (Å²) in [6.07, 6.45) is 6.17. The second-order valence-electron chi connectivity index (χ2n) is 8.94. The van der Waals surface area contributed by atoms with Gasteiger partial charge in [0.1, 0.15) is 0 Å². The third-order valence-corrected chi connectivity index (χ3v) is 9.77. The fourth-order valence-corrected chi connectivity index (χ4v) is 7.37. The number of carbonyl (C=O) groups excluding carboxylic acids is 1. The van der Waals surface area contributed by atoms with Crippen LogP contribution in [0.2, 0.25) is 0 Å². The van der Waals surface area contributed by atoms with Gasteiger partial charge in [-0.05, 0) is 81.4 Å². The van der Waals surface area contributed by atoms with Crippen LogP contribution in [-0.4, -0.2) is 15.3 Å². The standard InChI is InChI=1S/C21H28FN3O3S2/c1-11-12-6-4-8-14(12)18(15-9-5-7-13(11)15)24-20(26)25-30(23,28)19-16(22)10-17(29-19)21(2,3)27/h10-12,27H,4-9H2,1-3H3,(H3,23,24,25,26,28). The minimum atomic E-state index is -3.78. The molecule has 1 saturated carbocycles. The van der Waals surface area contributed by atoms with Crippen molar-refractivity contribution in [3.63, 3.8) is 0 Å². The summed E-state index contributed by atoms with van der Waals surface area (Å²) in [7, 11) is -3.78. The number of nitrogens with zero attached hydrogens (tertiary/aromatic N) is 1. The summed E-state index contributed by atoms with van der Waals surface area (Å²) in [6, 6.07) is 0.271. The molecule has 1 heterocycles.